The normalized spacial score (nSPS) is 21.7. The molecular weight excluding hydrogens is 461 g/mol. The molecule has 3 aliphatic rings. The number of halogens is 3. The van der Waals surface area contributed by atoms with Gasteiger partial charge in [-0.3, -0.25) is 19.4 Å². The third-order valence-electron chi connectivity index (χ3n) is 6.13. The summed E-state index contributed by atoms with van der Waals surface area (Å²) in [6.07, 6.45) is -1.96. The molecule has 1 aromatic heterocycles. The molecule has 0 spiro atoms. The molecule has 176 valence electrons. The van der Waals surface area contributed by atoms with Crippen molar-refractivity contribution < 1.29 is 26.4 Å². The number of alkyl halides is 3. The Morgan fingerprint density at radius 2 is 2.00 bits per heavy atom. The third-order valence-corrected chi connectivity index (χ3v) is 7.66. The second kappa shape index (κ2) is 7.03. The van der Waals surface area contributed by atoms with Crippen molar-refractivity contribution in [3.8, 4) is 0 Å². The summed E-state index contributed by atoms with van der Waals surface area (Å²) < 4.78 is 69.0. The smallest absolute Gasteiger partial charge is 0.307 e. The Hall–Kier alpha value is -2.93. The van der Waals surface area contributed by atoms with E-state index in [1.807, 2.05) is 11.8 Å². The third kappa shape index (κ3) is 3.50. The van der Waals surface area contributed by atoms with Crippen molar-refractivity contribution in [3.05, 3.63) is 41.7 Å². The van der Waals surface area contributed by atoms with Crippen LogP contribution < -0.4 is 9.62 Å². The zero-order valence-corrected chi connectivity index (χ0v) is 18.6. The molecule has 13 heteroatoms. The summed E-state index contributed by atoms with van der Waals surface area (Å²) in [5.74, 6) is -0.0291. The van der Waals surface area contributed by atoms with Crippen LogP contribution in [-0.2, 0) is 23.6 Å². The maximum atomic E-state index is 13.4. The number of anilines is 1. The zero-order chi connectivity index (χ0) is 23.8. The number of aryl methyl sites for hydroxylation is 1. The van der Waals surface area contributed by atoms with Gasteiger partial charge in [0.25, 0.3) is 5.91 Å². The van der Waals surface area contributed by atoms with Gasteiger partial charge in [0.1, 0.15) is 5.54 Å². The second-order valence-electron chi connectivity index (χ2n) is 8.64. The number of aromatic nitrogens is 2. The molecule has 2 aliphatic heterocycles. The number of guanidine groups is 1. The van der Waals surface area contributed by atoms with Crippen LogP contribution in [0.3, 0.4) is 0 Å². The van der Waals surface area contributed by atoms with Crippen molar-refractivity contribution in [3.63, 3.8) is 0 Å². The van der Waals surface area contributed by atoms with E-state index < -0.39 is 32.5 Å². The number of rotatable bonds is 5. The van der Waals surface area contributed by atoms with Crippen LogP contribution in [0, 0.1) is 0 Å². The number of nitrogens with zero attached hydrogens (tertiary/aromatic N) is 5. The van der Waals surface area contributed by atoms with E-state index >= 15 is 0 Å². The van der Waals surface area contributed by atoms with Crippen LogP contribution >= 0.6 is 0 Å². The van der Waals surface area contributed by atoms with E-state index in [0.717, 1.165) is 11.6 Å². The zero-order valence-electron chi connectivity index (χ0n) is 17.8. The SMILES string of the molecule is C[C@@H]1CN=C2N(Cc3cnn(C)c3)C(=O)c3cc(S(=O)(=O)NC4(C(F)(F)F)CC4)ccc3N21. The highest BCUT2D eigenvalue weighted by atomic mass is 32.2. The van der Waals surface area contributed by atoms with Gasteiger partial charge < -0.3 is 4.90 Å². The summed E-state index contributed by atoms with van der Waals surface area (Å²) in [5.41, 5.74) is -1.13. The van der Waals surface area contributed by atoms with E-state index in [-0.39, 0.29) is 31.0 Å². The summed E-state index contributed by atoms with van der Waals surface area (Å²) >= 11 is 0. The largest absolute Gasteiger partial charge is 0.407 e. The highest BCUT2D eigenvalue weighted by Gasteiger charge is 2.65. The molecular formula is C20H21F3N6O3S. The summed E-state index contributed by atoms with van der Waals surface area (Å²) in [6, 6.07) is 3.74. The van der Waals surface area contributed by atoms with Gasteiger partial charge in [-0.1, -0.05) is 0 Å². The Kier molecular flexibility index (Phi) is 4.67. The van der Waals surface area contributed by atoms with Gasteiger partial charge in [0, 0.05) is 18.8 Å². The fourth-order valence-electron chi connectivity index (χ4n) is 4.19. The number of aliphatic imine (C=N–C) groups is 1. The number of hydrogen-bond donors (Lipinski definition) is 1. The molecule has 1 aliphatic carbocycles. The molecule has 1 saturated carbocycles. The number of nitrogens with one attached hydrogen (secondary N) is 1. The van der Waals surface area contributed by atoms with Crippen molar-refractivity contribution in [1.29, 1.82) is 0 Å². The van der Waals surface area contributed by atoms with Gasteiger partial charge in [-0.25, -0.2) is 8.42 Å². The maximum Gasteiger partial charge on any atom is 0.407 e. The topological polar surface area (TPSA) is 99.9 Å². The minimum atomic E-state index is -4.69. The van der Waals surface area contributed by atoms with Gasteiger partial charge in [-0.15, -0.1) is 0 Å². The Balaban J connectivity index is 1.53. The van der Waals surface area contributed by atoms with Crippen molar-refractivity contribution in [2.24, 2.45) is 12.0 Å². The molecule has 1 N–H and O–H groups in total. The van der Waals surface area contributed by atoms with Crippen LogP contribution in [0.4, 0.5) is 18.9 Å². The molecule has 1 atom stereocenters. The number of amides is 1. The first kappa shape index (κ1) is 21.9. The number of carbonyl (C=O) groups excluding carboxylic acids is 1. The van der Waals surface area contributed by atoms with Gasteiger partial charge >= 0.3 is 6.18 Å². The highest BCUT2D eigenvalue weighted by molar-refractivity contribution is 7.89. The molecule has 1 fully saturated rings. The second-order valence-corrected chi connectivity index (χ2v) is 10.3. The lowest BCUT2D eigenvalue weighted by Gasteiger charge is -2.38. The Bertz CT molecular complexity index is 1280. The van der Waals surface area contributed by atoms with Gasteiger partial charge in [0.2, 0.25) is 16.0 Å². The predicted molar refractivity (Wildman–Crippen MR) is 112 cm³/mol. The monoisotopic (exact) mass is 482 g/mol. The summed E-state index contributed by atoms with van der Waals surface area (Å²) in [7, 11) is -2.76. The molecule has 2 aromatic rings. The van der Waals surface area contributed by atoms with Gasteiger partial charge in [-0.2, -0.15) is 23.0 Å². The molecule has 1 aromatic carbocycles. The van der Waals surface area contributed by atoms with Crippen molar-refractivity contribution in [2.45, 2.75) is 49.0 Å². The van der Waals surface area contributed by atoms with Crippen LogP contribution in [0.1, 0.15) is 35.7 Å². The maximum absolute atomic E-state index is 13.4. The number of fused-ring (bicyclic) bond motifs is 3. The lowest BCUT2D eigenvalue weighted by Crippen LogP contribution is -2.52. The Morgan fingerprint density at radius 3 is 2.61 bits per heavy atom. The fourth-order valence-corrected chi connectivity index (χ4v) is 5.66. The Morgan fingerprint density at radius 1 is 1.27 bits per heavy atom. The fraction of sp³-hybridized carbons (Fsp3) is 0.450. The van der Waals surface area contributed by atoms with Gasteiger partial charge in [0.15, 0.2) is 0 Å². The lowest BCUT2D eigenvalue weighted by atomic mass is 10.1. The quantitative estimate of drug-likeness (QED) is 0.703. The summed E-state index contributed by atoms with van der Waals surface area (Å²) in [4.78, 5) is 20.8. The predicted octanol–water partition coefficient (Wildman–Crippen LogP) is 2.01. The van der Waals surface area contributed by atoms with Crippen LogP contribution in [-0.4, -0.2) is 59.3 Å². The molecule has 1 amide bonds. The highest BCUT2D eigenvalue weighted by Crippen LogP contribution is 2.50. The first-order valence-corrected chi connectivity index (χ1v) is 11.8. The molecule has 0 radical (unpaired) electrons. The number of benzene rings is 1. The summed E-state index contributed by atoms with van der Waals surface area (Å²) in [6.45, 7) is 2.53. The number of hydrogen-bond acceptors (Lipinski definition) is 6. The van der Waals surface area contributed by atoms with Crippen LogP contribution in [0.2, 0.25) is 0 Å². The first-order chi connectivity index (χ1) is 15.4. The molecule has 33 heavy (non-hydrogen) atoms. The molecule has 0 saturated heterocycles. The lowest BCUT2D eigenvalue weighted by molar-refractivity contribution is -0.160. The van der Waals surface area contributed by atoms with E-state index in [1.165, 1.54) is 17.0 Å². The van der Waals surface area contributed by atoms with Crippen molar-refractivity contribution >= 4 is 27.6 Å². The average molecular weight is 482 g/mol. The standard InChI is InChI=1S/C20H21F3N6O3S/c1-12-8-24-18-28(11-13-9-25-27(2)10-13)17(30)15-7-14(3-4-16(15)29(12)18)33(31,32)26-19(5-6-19)20(21,22)23/h3-4,7,9-10,12,26H,5-6,8,11H2,1-2H3/t12-/m1/s1. The average Bonchev–Trinajstić information content (AvgIpc) is 3.25. The molecule has 9 nitrogen and oxygen atoms in total. The van der Waals surface area contributed by atoms with Crippen LogP contribution in [0.15, 0.2) is 40.5 Å². The van der Waals surface area contributed by atoms with Crippen LogP contribution in [0.25, 0.3) is 0 Å². The van der Waals surface area contributed by atoms with E-state index in [1.54, 1.807) is 28.8 Å². The minimum Gasteiger partial charge on any atom is -0.307 e. The molecule has 5 rings (SSSR count). The summed E-state index contributed by atoms with van der Waals surface area (Å²) in [5, 5.41) is 4.10. The van der Waals surface area contributed by atoms with Gasteiger partial charge in [-0.05, 0) is 38.0 Å². The molecule has 0 unspecified atom stereocenters. The van der Waals surface area contributed by atoms with Crippen molar-refractivity contribution in [2.75, 3.05) is 11.4 Å². The van der Waals surface area contributed by atoms with E-state index in [9.17, 15) is 26.4 Å². The van der Waals surface area contributed by atoms with Crippen molar-refractivity contribution in [1.82, 2.24) is 19.4 Å². The minimum absolute atomic E-state index is 0.0798. The number of sulfonamides is 1. The number of carbonyl (C=O) groups is 1. The van der Waals surface area contributed by atoms with E-state index in [0.29, 0.717) is 18.2 Å². The van der Waals surface area contributed by atoms with Gasteiger partial charge in [0.05, 0.1) is 41.5 Å². The van der Waals surface area contributed by atoms with E-state index in [2.05, 4.69) is 10.1 Å². The van der Waals surface area contributed by atoms with Crippen LogP contribution in [0.5, 0.6) is 0 Å². The molecule has 3 heterocycles. The van der Waals surface area contributed by atoms with E-state index in [4.69, 9.17) is 0 Å². The Labute approximate surface area is 187 Å². The first-order valence-electron chi connectivity index (χ1n) is 10.3. The molecule has 0 bridgehead atoms.